The van der Waals surface area contributed by atoms with Crippen molar-refractivity contribution in [1.29, 1.82) is 0 Å². The fourth-order valence-electron chi connectivity index (χ4n) is 2.29. The van der Waals surface area contributed by atoms with Crippen LogP contribution in [0, 0.1) is 5.82 Å². The smallest absolute Gasteiger partial charge is 0.338 e. The van der Waals surface area contributed by atoms with E-state index in [1.807, 2.05) is 0 Å². The summed E-state index contributed by atoms with van der Waals surface area (Å²) in [4.78, 5) is 15.8. The summed E-state index contributed by atoms with van der Waals surface area (Å²) in [5.41, 5.74) is 2.73. The first kappa shape index (κ1) is 15.0. The van der Waals surface area contributed by atoms with Gasteiger partial charge in [0.15, 0.2) is 0 Å². The van der Waals surface area contributed by atoms with Crippen LogP contribution in [0.4, 0.5) is 15.8 Å². The number of hydrogen-bond donors (Lipinski definition) is 1. The lowest BCUT2D eigenvalue weighted by atomic mass is 10.1. The Labute approximate surface area is 132 Å². The average Bonchev–Trinajstić information content (AvgIpc) is 2.56. The fourth-order valence-corrected chi connectivity index (χ4v) is 2.29. The van der Waals surface area contributed by atoms with E-state index < -0.39 is 0 Å². The maximum Gasteiger partial charge on any atom is 0.338 e. The maximum atomic E-state index is 13.5. The molecule has 0 unspecified atom stereocenters. The third kappa shape index (κ3) is 3.29. The molecule has 1 N–H and O–H groups in total. The van der Waals surface area contributed by atoms with Gasteiger partial charge in [-0.15, -0.1) is 0 Å². The van der Waals surface area contributed by atoms with Crippen molar-refractivity contribution in [2.45, 2.75) is 6.92 Å². The molecule has 0 saturated heterocycles. The molecule has 0 aliphatic rings. The number of rotatable bonds is 4. The zero-order valence-corrected chi connectivity index (χ0v) is 12.5. The number of fused-ring (bicyclic) bond motifs is 1. The van der Waals surface area contributed by atoms with Gasteiger partial charge in [0.2, 0.25) is 0 Å². The summed E-state index contributed by atoms with van der Waals surface area (Å²) in [6.45, 7) is 2.11. The molecular formula is C18H15FN2O2. The Morgan fingerprint density at radius 2 is 1.96 bits per heavy atom. The number of aromatic nitrogens is 1. The number of esters is 1. The monoisotopic (exact) mass is 310 g/mol. The summed E-state index contributed by atoms with van der Waals surface area (Å²) in [6, 6.07) is 13.2. The molecule has 0 radical (unpaired) electrons. The minimum absolute atomic E-state index is 0.314. The normalized spacial score (nSPS) is 10.5. The number of benzene rings is 2. The highest BCUT2D eigenvalue weighted by Crippen LogP contribution is 2.26. The number of ether oxygens (including phenoxy) is 1. The molecule has 0 atom stereocenters. The van der Waals surface area contributed by atoms with Crippen LogP contribution < -0.4 is 5.32 Å². The van der Waals surface area contributed by atoms with Crippen LogP contribution in [0.15, 0.2) is 54.7 Å². The zero-order valence-electron chi connectivity index (χ0n) is 12.5. The predicted molar refractivity (Wildman–Crippen MR) is 87.4 cm³/mol. The maximum absolute atomic E-state index is 13.5. The van der Waals surface area contributed by atoms with Crippen LogP contribution in [-0.2, 0) is 4.74 Å². The summed E-state index contributed by atoms with van der Waals surface area (Å²) < 4.78 is 18.4. The lowest BCUT2D eigenvalue weighted by Crippen LogP contribution is -2.04. The van der Waals surface area contributed by atoms with Crippen molar-refractivity contribution < 1.29 is 13.9 Å². The number of hydrogen-bond acceptors (Lipinski definition) is 4. The van der Waals surface area contributed by atoms with Gasteiger partial charge in [-0.3, -0.25) is 4.98 Å². The predicted octanol–water partition coefficient (Wildman–Crippen LogP) is 4.29. The number of pyridine rings is 1. The largest absolute Gasteiger partial charge is 0.462 e. The zero-order chi connectivity index (χ0) is 16.2. The van der Waals surface area contributed by atoms with Gasteiger partial charge in [-0.2, -0.15) is 0 Å². The SMILES string of the molecule is CCOC(=O)c1ccc(Nc2ccnc3ccc(F)cc23)cc1. The van der Waals surface area contributed by atoms with Crippen molar-refractivity contribution >= 4 is 28.2 Å². The van der Waals surface area contributed by atoms with E-state index in [-0.39, 0.29) is 11.8 Å². The second-order valence-electron chi connectivity index (χ2n) is 4.94. The van der Waals surface area contributed by atoms with E-state index in [0.717, 1.165) is 11.4 Å². The minimum Gasteiger partial charge on any atom is -0.462 e. The highest BCUT2D eigenvalue weighted by atomic mass is 19.1. The van der Waals surface area contributed by atoms with Crippen molar-refractivity contribution in [1.82, 2.24) is 4.98 Å². The summed E-state index contributed by atoms with van der Waals surface area (Å²) in [6.07, 6.45) is 1.66. The van der Waals surface area contributed by atoms with Gasteiger partial charge >= 0.3 is 5.97 Å². The van der Waals surface area contributed by atoms with Crippen LogP contribution in [0.3, 0.4) is 0 Å². The second kappa shape index (κ2) is 6.44. The number of anilines is 2. The highest BCUT2D eigenvalue weighted by molar-refractivity contribution is 5.93. The third-order valence-electron chi connectivity index (χ3n) is 3.38. The summed E-state index contributed by atoms with van der Waals surface area (Å²) in [5.74, 6) is -0.665. The summed E-state index contributed by atoms with van der Waals surface area (Å²) in [7, 11) is 0. The first-order chi connectivity index (χ1) is 11.2. The molecule has 0 saturated carbocycles. The molecular weight excluding hydrogens is 295 g/mol. The number of nitrogens with one attached hydrogen (secondary N) is 1. The number of carbonyl (C=O) groups excluding carboxylic acids is 1. The van der Waals surface area contributed by atoms with E-state index in [4.69, 9.17) is 4.74 Å². The van der Waals surface area contributed by atoms with Gasteiger partial charge in [0.05, 0.1) is 17.7 Å². The van der Waals surface area contributed by atoms with Crippen molar-refractivity contribution in [3.8, 4) is 0 Å². The van der Waals surface area contributed by atoms with E-state index in [9.17, 15) is 9.18 Å². The topological polar surface area (TPSA) is 51.2 Å². The molecule has 0 bridgehead atoms. The summed E-state index contributed by atoms with van der Waals surface area (Å²) in [5, 5.41) is 3.91. The van der Waals surface area contributed by atoms with E-state index in [1.54, 1.807) is 49.5 Å². The molecule has 4 nitrogen and oxygen atoms in total. The molecule has 1 heterocycles. The van der Waals surface area contributed by atoms with Crippen molar-refractivity contribution in [2.24, 2.45) is 0 Å². The fraction of sp³-hybridized carbons (Fsp3) is 0.111. The molecule has 23 heavy (non-hydrogen) atoms. The van der Waals surface area contributed by atoms with Crippen molar-refractivity contribution in [3.63, 3.8) is 0 Å². The quantitative estimate of drug-likeness (QED) is 0.730. The van der Waals surface area contributed by atoms with Crippen molar-refractivity contribution in [3.05, 3.63) is 66.1 Å². The van der Waals surface area contributed by atoms with Gasteiger partial charge in [0.25, 0.3) is 0 Å². The Balaban J connectivity index is 1.87. The van der Waals surface area contributed by atoms with Gasteiger partial charge in [-0.05, 0) is 55.5 Å². The third-order valence-corrected chi connectivity index (χ3v) is 3.38. The Hall–Kier alpha value is -2.95. The van der Waals surface area contributed by atoms with Crippen LogP contribution in [0.2, 0.25) is 0 Å². The van der Waals surface area contributed by atoms with Crippen LogP contribution in [0.25, 0.3) is 10.9 Å². The standard InChI is InChI=1S/C18H15FN2O2/c1-2-23-18(22)12-3-6-14(7-4-12)21-17-9-10-20-16-8-5-13(19)11-15(16)17/h3-11H,2H2,1H3,(H,20,21). The van der Waals surface area contributed by atoms with E-state index in [1.165, 1.54) is 12.1 Å². The number of nitrogens with zero attached hydrogens (tertiary/aromatic N) is 1. The minimum atomic E-state index is -0.351. The van der Waals surface area contributed by atoms with Crippen LogP contribution >= 0.6 is 0 Å². The van der Waals surface area contributed by atoms with Crippen molar-refractivity contribution in [2.75, 3.05) is 11.9 Å². The van der Waals surface area contributed by atoms with E-state index in [0.29, 0.717) is 23.1 Å². The second-order valence-corrected chi connectivity index (χ2v) is 4.94. The lowest BCUT2D eigenvalue weighted by Gasteiger charge is -2.10. The number of halogens is 1. The molecule has 0 aliphatic carbocycles. The lowest BCUT2D eigenvalue weighted by molar-refractivity contribution is 0.0526. The van der Waals surface area contributed by atoms with E-state index in [2.05, 4.69) is 10.3 Å². The van der Waals surface area contributed by atoms with Gasteiger partial charge in [0, 0.05) is 23.0 Å². The molecule has 0 amide bonds. The molecule has 2 aromatic carbocycles. The molecule has 116 valence electrons. The Kier molecular flexibility index (Phi) is 4.19. The van der Waals surface area contributed by atoms with Crippen LogP contribution in [0.5, 0.6) is 0 Å². The Morgan fingerprint density at radius 3 is 2.70 bits per heavy atom. The molecule has 5 heteroatoms. The first-order valence-electron chi connectivity index (χ1n) is 7.26. The van der Waals surface area contributed by atoms with Crippen LogP contribution in [-0.4, -0.2) is 17.6 Å². The van der Waals surface area contributed by atoms with Gasteiger partial charge in [0.1, 0.15) is 5.82 Å². The molecule has 0 aliphatic heterocycles. The average molecular weight is 310 g/mol. The van der Waals surface area contributed by atoms with Gasteiger partial charge in [-0.1, -0.05) is 0 Å². The molecule has 3 rings (SSSR count). The Morgan fingerprint density at radius 1 is 1.17 bits per heavy atom. The Bertz CT molecular complexity index is 847. The van der Waals surface area contributed by atoms with E-state index >= 15 is 0 Å². The van der Waals surface area contributed by atoms with Gasteiger partial charge < -0.3 is 10.1 Å². The molecule has 1 aromatic heterocycles. The molecule has 3 aromatic rings. The molecule has 0 fully saturated rings. The molecule has 0 spiro atoms. The van der Waals surface area contributed by atoms with Gasteiger partial charge in [-0.25, -0.2) is 9.18 Å². The highest BCUT2D eigenvalue weighted by Gasteiger charge is 2.07. The number of carbonyl (C=O) groups is 1. The summed E-state index contributed by atoms with van der Waals surface area (Å²) >= 11 is 0. The first-order valence-corrected chi connectivity index (χ1v) is 7.26. The van der Waals surface area contributed by atoms with Crippen LogP contribution in [0.1, 0.15) is 17.3 Å².